The average molecular weight is 530 g/mol. The van der Waals surface area contributed by atoms with Crippen molar-refractivity contribution in [3.05, 3.63) is 55.4 Å². The highest BCUT2D eigenvalue weighted by atomic mass is 32.1. The van der Waals surface area contributed by atoms with Crippen LogP contribution >= 0.6 is 11.3 Å². The SMILES string of the molecule is CCOC(=O)c1c(NC(=O)COC(=O)CN2C(=O)c3cccc([N+](=O)[O-])c3C2=O)sc2c1CCC(C)C2. The lowest BCUT2D eigenvalue weighted by Crippen LogP contribution is -2.36. The van der Waals surface area contributed by atoms with Gasteiger partial charge in [-0.2, -0.15) is 0 Å². The van der Waals surface area contributed by atoms with E-state index in [0.717, 1.165) is 29.3 Å². The summed E-state index contributed by atoms with van der Waals surface area (Å²) < 4.78 is 10.1. The van der Waals surface area contributed by atoms with Crippen LogP contribution in [0.1, 0.15) is 61.8 Å². The van der Waals surface area contributed by atoms with Crippen LogP contribution in [0.25, 0.3) is 0 Å². The minimum Gasteiger partial charge on any atom is -0.462 e. The summed E-state index contributed by atoms with van der Waals surface area (Å²) in [6.45, 7) is 2.41. The molecular weight excluding hydrogens is 506 g/mol. The van der Waals surface area contributed by atoms with Gasteiger partial charge in [-0.25, -0.2) is 4.79 Å². The zero-order chi connectivity index (χ0) is 26.9. The average Bonchev–Trinajstić information content (AvgIpc) is 3.32. The Morgan fingerprint density at radius 1 is 1.22 bits per heavy atom. The van der Waals surface area contributed by atoms with E-state index in [9.17, 15) is 34.1 Å². The molecule has 3 amide bonds. The standard InChI is InChI=1S/C24H23N3O9S/c1-3-35-24(32)20-13-8-7-12(2)9-16(13)37-21(20)25-17(28)11-36-18(29)10-26-22(30)14-5-4-6-15(27(33)34)19(14)23(26)31/h4-6,12H,3,7-11H2,1-2H3,(H,25,28). The van der Waals surface area contributed by atoms with E-state index >= 15 is 0 Å². The van der Waals surface area contributed by atoms with E-state index in [1.165, 1.54) is 23.5 Å². The van der Waals surface area contributed by atoms with Gasteiger partial charge in [0.2, 0.25) is 0 Å². The summed E-state index contributed by atoms with van der Waals surface area (Å²) in [5, 5.41) is 14.1. The van der Waals surface area contributed by atoms with Gasteiger partial charge in [-0.1, -0.05) is 13.0 Å². The predicted octanol–water partition coefficient (Wildman–Crippen LogP) is 2.74. The molecule has 1 aliphatic heterocycles. The van der Waals surface area contributed by atoms with Crippen LogP contribution in [-0.2, 0) is 31.9 Å². The molecule has 2 heterocycles. The Morgan fingerprint density at radius 3 is 2.68 bits per heavy atom. The van der Waals surface area contributed by atoms with Crippen molar-refractivity contribution in [1.29, 1.82) is 0 Å². The number of nitrogens with one attached hydrogen (secondary N) is 1. The van der Waals surface area contributed by atoms with Crippen LogP contribution in [0.2, 0.25) is 0 Å². The first-order valence-corrected chi connectivity index (χ1v) is 12.3. The molecule has 37 heavy (non-hydrogen) atoms. The lowest BCUT2D eigenvalue weighted by molar-refractivity contribution is -0.385. The van der Waals surface area contributed by atoms with Gasteiger partial charge in [-0.05, 0) is 43.7 Å². The van der Waals surface area contributed by atoms with Gasteiger partial charge in [0.05, 0.1) is 22.7 Å². The summed E-state index contributed by atoms with van der Waals surface area (Å²) in [7, 11) is 0. The molecular formula is C24H23N3O9S. The van der Waals surface area contributed by atoms with E-state index in [1.54, 1.807) is 6.92 Å². The van der Waals surface area contributed by atoms with E-state index in [2.05, 4.69) is 12.2 Å². The normalized spacial score (nSPS) is 16.2. The maximum absolute atomic E-state index is 12.6. The number of carbonyl (C=O) groups excluding carboxylic acids is 5. The number of nitrogens with zero attached hydrogens (tertiary/aromatic N) is 2. The Balaban J connectivity index is 1.40. The molecule has 2 aromatic rings. The Morgan fingerprint density at radius 2 is 1.97 bits per heavy atom. The van der Waals surface area contributed by atoms with Crippen molar-refractivity contribution in [2.24, 2.45) is 5.92 Å². The first kappa shape index (κ1) is 25.9. The molecule has 1 unspecified atom stereocenters. The third-order valence-electron chi connectivity index (χ3n) is 6.07. The second-order valence-corrected chi connectivity index (χ2v) is 9.74. The minimum atomic E-state index is -1.06. The Labute approximate surface area is 214 Å². The number of benzene rings is 1. The first-order chi connectivity index (χ1) is 17.6. The molecule has 4 rings (SSSR count). The Kier molecular flexibility index (Phi) is 7.34. The zero-order valence-corrected chi connectivity index (χ0v) is 20.8. The van der Waals surface area contributed by atoms with Crippen molar-refractivity contribution in [3.8, 4) is 0 Å². The Hall–Kier alpha value is -4.13. The van der Waals surface area contributed by atoms with Crippen LogP contribution in [0.15, 0.2) is 18.2 Å². The number of carbonyl (C=O) groups is 5. The molecule has 12 nitrogen and oxygen atoms in total. The molecule has 0 bridgehead atoms. The van der Waals surface area contributed by atoms with Crippen LogP contribution in [0.3, 0.4) is 0 Å². The first-order valence-electron chi connectivity index (χ1n) is 11.5. The van der Waals surface area contributed by atoms with Crippen molar-refractivity contribution in [3.63, 3.8) is 0 Å². The van der Waals surface area contributed by atoms with Gasteiger partial charge in [0, 0.05) is 10.9 Å². The largest absolute Gasteiger partial charge is 0.462 e. The van der Waals surface area contributed by atoms with Crippen molar-refractivity contribution in [2.45, 2.75) is 33.1 Å². The van der Waals surface area contributed by atoms with Gasteiger partial charge in [0.15, 0.2) is 6.61 Å². The monoisotopic (exact) mass is 529 g/mol. The maximum atomic E-state index is 12.6. The number of amides is 3. The molecule has 0 radical (unpaired) electrons. The van der Waals surface area contributed by atoms with E-state index in [-0.39, 0.29) is 12.2 Å². The number of thiophene rings is 1. The summed E-state index contributed by atoms with van der Waals surface area (Å²) in [6, 6.07) is 3.61. The predicted molar refractivity (Wildman–Crippen MR) is 130 cm³/mol. The number of esters is 2. The number of imide groups is 1. The number of nitro benzene ring substituents is 1. The highest BCUT2D eigenvalue weighted by Gasteiger charge is 2.42. The van der Waals surface area contributed by atoms with Crippen LogP contribution in [0.5, 0.6) is 0 Å². The quantitative estimate of drug-likeness (QED) is 0.234. The zero-order valence-electron chi connectivity index (χ0n) is 20.0. The van der Waals surface area contributed by atoms with Crippen LogP contribution in [0.4, 0.5) is 10.7 Å². The third-order valence-corrected chi connectivity index (χ3v) is 7.24. The van der Waals surface area contributed by atoms with Crippen molar-refractivity contribution in [2.75, 3.05) is 25.1 Å². The van der Waals surface area contributed by atoms with Crippen molar-refractivity contribution < 1.29 is 38.4 Å². The number of nitro groups is 1. The topological polar surface area (TPSA) is 162 Å². The number of hydrogen-bond donors (Lipinski definition) is 1. The number of fused-ring (bicyclic) bond motifs is 2. The maximum Gasteiger partial charge on any atom is 0.341 e. The molecule has 0 spiro atoms. The molecule has 1 N–H and O–H groups in total. The van der Waals surface area contributed by atoms with E-state index in [0.29, 0.717) is 27.8 Å². The van der Waals surface area contributed by atoms with Gasteiger partial charge in [-0.15, -0.1) is 11.3 Å². The molecule has 2 aliphatic rings. The van der Waals surface area contributed by atoms with Gasteiger partial charge in [-0.3, -0.25) is 34.2 Å². The van der Waals surface area contributed by atoms with Gasteiger partial charge < -0.3 is 14.8 Å². The number of hydrogen-bond acceptors (Lipinski definition) is 10. The smallest absolute Gasteiger partial charge is 0.341 e. The lowest BCUT2D eigenvalue weighted by atomic mass is 9.88. The molecule has 194 valence electrons. The number of ether oxygens (including phenoxy) is 2. The fourth-order valence-electron chi connectivity index (χ4n) is 4.35. The van der Waals surface area contributed by atoms with E-state index in [1.807, 2.05) is 0 Å². The fourth-order valence-corrected chi connectivity index (χ4v) is 5.77. The molecule has 1 aliphatic carbocycles. The highest BCUT2D eigenvalue weighted by Crippen LogP contribution is 2.40. The second kappa shape index (κ2) is 10.5. The number of anilines is 1. The molecule has 0 saturated carbocycles. The van der Waals surface area contributed by atoms with E-state index < -0.39 is 59.0 Å². The molecule has 0 fully saturated rings. The molecule has 0 saturated heterocycles. The van der Waals surface area contributed by atoms with Crippen LogP contribution < -0.4 is 5.32 Å². The van der Waals surface area contributed by atoms with Crippen LogP contribution in [0, 0.1) is 16.0 Å². The fraction of sp³-hybridized carbons (Fsp3) is 0.375. The van der Waals surface area contributed by atoms with Crippen molar-refractivity contribution in [1.82, 2.24) is 4.90 Å². The summed E-state index contributed by atoms with van der Waals surface area (Å²) >= 11 is 1.28. The summed E-state index contributed by atoms with van der Waals surface area (Å²) in [4.78, 5) is 74.5. The van der Waals surface area contributed by atoms with E-state index in [4.69, 9.17) is 9.47 Å². The van der Waals surface area contributed by atoms with Crippen molar-refractivity contribution >= 4 is 51.7 Å². The minimum absolute atomic E-state index is 0.172. The number of rotatable bonds is 8. The third kappa shape index (κ3) is 5.07. The highest BCUT2D eigenvalue weighted by molar-refractivity contribution is 7.17. The Bertz CT molecular complexity index is 1330. The van der Waals surface area contributed by atoms with Crippen LogP contribution in [-0.4, -0.2) is 59.2 Å². The van der Waals surface area contributed by atoms with Gasteiger partial charge in [0.1, 0.15) is 17.1 Å². The summed E-state index contributed by atoms with van der Waals surface area (Å²) in [5.41, 5.74) is 0.0314. The van der Waals surface area contributed by atoms with Gasteiger partial charge in [0.25, 0.3) is 23.4 Å². The summed E-state index contributed by atoms with van der Waals surface area (Å²) in [6.07, 6.45) is 2.36. The molecule has 1 aromatic heterocycles. The molecule has 1 aromatic carbocycles. The molecule has 1 atom stereocenters. The summed E-state index contributed by atoms with van der Waals surface area (Å²) in [5.74, 6) is -3.75. The van der Waals surface area contributed by atoms with Gasteiger partial charge >= 0.3 is 11.9 Å². The second-order valence-electron chi connectivity index (χ2n) is 8.64. The lowest BCUT2D eigenvalue weighted by Gasteiger charge is -2.18. The molecule has 13 heteroatoms.